The van der Waals surface area contributed by atoms with Crippen molar-refractivity contribution in [2.75, 3.05) is 6.54 Å². The maximum absolute atomic E-state index is 12.3. The van der Waals surface area contributed by atoms with E-state index in [1.165, 1.54) is 24.8 Å². The third kappa shape index (κ3) is 5.35. The van der Waals surface area contributed by atoms with E-state index in [0.29, 0.717) is 18.5 Å². The SMILES string of the molecule is C[C@H]1CCCC[C@@H]1NC(=O)CN[C@@H](c1ccccc1)C(C)(C)C. The molecule has 0 radical (unpaired) electrons. The summed E-state index contributed by atoms with van der Waals surface area (Å²) in [4.78, 5) is 12.3. The lowest BCUT2D eigenvalue weighted by atomic mass is 9.82. The summed E-state index contributed by atoms with van der Waals surface area (Å²) in [5.41, 5.74) is 1.29. The summed E-state index contributed by atoms with van der Waals surface area (Å²) >= 11 is 0. The molecular weight excluding hydrogens is 284 g/mol. The van der Waals surface area contributed by atoms with Crippen LogP contribution in [0.1, 0.15) is 65.0 Å². The van der Waals surface area contributed by atoms with Gasteiger partial charge in [0.05, 0.1) is 6.54 Å². The van der Waals surface area contributed by atoms with Crippen LogP contribution in [0.4, 0.5) is 0 Å². The second-order valence-electron chi connectivity index (χ2n) is 8.03. The van der Waals surface area contributed by atoms with Gasteiger partial charge in [-0.3, -0.25) is 4.79 Å². The zero-order chi connectivity index (χ0) is 16.9. The van der Waals surface area contributed by atoms with E-state index in [1.54, 1.807) is 0 Å². The Bertz CT molecular complexity index is 492. The Morgan fingerprint density at radius 1 is 1.17 bits per heavy atom. The number of benzene rings is 1. The van der Waals surface area contributed by atoms with Gasteiger partial charge in [-0.25, -0.2) is 0 Å². The maximum Gasteiger partial charge on any atom is 0.234 e. The summed E-state index contributed by atoms with van der Waals surface area (Å²) in [6.07, 6.45) is 4.88. The van der Waals surface area contributed by atoms with E-state index in [-0.39, 0.29) is 17.4 Å². The molecule has 1 fully saturated rings. The summed E-state index contributed by atoms with van der Waals surface area (Å²) in [5.74, 6) is 0.717. The van der Waals surface area contributed by atoms with Crippen LogP contribution in [0, 0.1) is 11.3 Å². The third-order valence-corrected chi connectivity index (χ3v) is 4.92. The van der Waals surface area contributed by atoms with E-state index in [0.717, 1.165) is 6.42 Å². The first kappa shape index (κ1) is 18.0. The predicted octanol–water partition coefficient (Wildman–Crippen LogP) is 4.06. The molecule has 0 spiro atoms. The minimum atomic E-state index is 0.0553. The first-order valence-electron chi connectivity index (χ1n) is 8.95. The fraction of sp³-hybridized carbons (Fsp3) is 0.650. The van der Waals surface area contributed by atoms with Crippen molar-refractivity contribution in [3.63, 3.8) is 0 Å². The average Bonchev–Trinajstić information content (AvgIpc) is 2.49. The van der Waals surface area contributed by atoms with Crippen molar-refractivity contribution in [1.29, 1.82) is 0 Å². The van der Waals surface area contributed by atoms with Crippen LogP contribution in [0.25, 0.3) is 0 Å². The minimum absolute atomic E-state index is 0.0553. The number of hydrogen-bond donors (Lipinski definition) is 2. The Morgan fingerprint density at radius 2 is 1.83 bits per heavy atom. The fourth-order valence-electron chi connectivity index (χ4n) is 3.55. The first-order chi connectivity index (χ1) is 10.9. The molecule has 128 valence electrons. The number of nitrogens with one attached hydrogen (secondary N) is 2. The van der Waals surface area contributed by atoms with Crippen molar-refractivity contribution >= 4 is 5.91 Å². The average molecular weight is 316 g/mol. The van der Waals surface area contributed by atoms with Crippen LogP contribution in [-0.4, -0.2) is 18.5 Å². The molecule has 0 heterocycles. The predicted molar refractivity (Wildman–Crippen MR) is 96.2 cm³/mol. The van der Waals surface area contributed by atoms with E-state index in [1.807, 2.05) is 6.07 Å². The molecule has 1 aromatic carbocycles. The van der Waals surface area contributed by atoms with Gasteiger partial charge in [-0.05, 0) is 29.7 Å². The lowest BCUT2D eigenvalue weighted by molar-refractivity contribution is -0.121. The van der Waals surface area contributed by atoms with Crippen molar-refractivity contribution in [2.24, 2.45) is 11.3 Å². The van der Waals surface area contributed by atoms with Gasteiger partial charge in [0.25, 0.3) is 0 Å². The van der Waals surface area contributed by atoms with Gasteiger partial charge in [-0.1, -0.05) is 70.9 Å². The Balaban J connectivity index is 1.92. The first-order valence-corrected chi connectivity index (χ1v) is 8.95. The second kappa shape index (κ2) is 7.96. The van der Waals surface area contributed by atoms with Crippen LogP contribution >= 0.6 is 0 Å². The summed E-state index contributed by atoms with van der Waals surface area (Å²) in [6, 6.07) is 10.9. The molecule has 0 bridgehead atoms. The Labute approximate surface area is 141 Å². The van der Waals surface area contributed by atoms with Crippen LogP contribution in [0.15, 0.2) is 30.3 Å². The van der Waals surface area contributed by atoms with E-state index < -0.39 is 0 Å². The van der Waals surface area contributed by atoms with Crippen LogP contribution < -0.4 is 10.6 Å². The standard InChI is InChI=1S/C20H32N2O/c1-15-10-8-9-13-17(15)22-18(23)14-21-19(20(2,3)4)16-11-6-5-7-12-16/h5-7,11-12,15,17,19,21H,8-10,13-14H2,1-4H3,(H,22,23)/t15-,17-,19-/m0/s1. The molecule has 0 aromatic heterocycles. The highest BCUT2D eigenvalue weighted by Gasteiger charge is 2.27. The normalized spacial score (nSPS) is 23.3. The largest absolute Gasteiger partial charge is 0.352 e. The van der Waals surface area contributed by atoms with Crippen LogP contribution in [0.5, 0.6) is 0 Å². The molecule has 3 atom stereocenters. The molecular formula is C20H32N2O. The number of rotatable bonds is 5. The highest BCUT2D eigenvalue weighted by Crippen LogP contribution is 2.32. The van der Waals surface area contributed by atoms with E-state index in [9.17, 15) is 4.79 Å². The number of amides is 1. The monoisotopic (exact) mass is 316 g/mol. The molecule has 0 saturated heterocycles. The second-order valence-corrected chi connectivity index (χ2v) is 8.03. The molecule has 2 N–H and O–H groups in total. The smallest absolute Gasteiger partial charge is 0.234 e. The van der Waals surface area contributed by atoms with Crippen molar-refractivity contribution in [2.45, 2.75) is 65.5 Å². The van der Waals surface area contributed by atoms with Gasteiger partial charge in [0.2, 0.25) is 5.91 Å². The van der Waals surface area contributed by atoms with Crippen LogP contribution in [0.2, 0.25) is 0 Å². The van der Waals surface area contributed by atoms with Gasteiger partial charge >= 0.3 is 0 Å². The molecule has 3 heteroatoms. The Kier molecular flexibility index (Phi) is 6.23. The topological polar surface area (TPSA) is 41.1 Å². The summed E-state index contributed by atoms with van der Waals surface area (Å²) in [5, 5.41) is 6.69. The van der Waals surface area contributed by atoms with Gasteiger partial charge < -0.3 is 10.6 Å². The quantitative estimate of drug-likeness (QED) is 0.860. The lowest BCUT2D eigenvalue weighted by Gasteiger charge is -2.33. The fourth-order valence-corrected chi connectivity index (χ4v) is 3.55. The van der Waals surface area contributed by atoms with Gasteiger partial charge in [-0.15, -0.1) is 0 Å². The molecule has 0 aliphatic heterocycles. The lowest BCUT2D eigenvalue weighted by Crippen LogP contribution is -2.46. The van der Waals surface area contributed by atoms with Gasteiger partial charge in [0, 0.05) is 12.1 Å². The molecule has 1 aliphatic carbocycles. The zero-order valence-electron chi connectivity index (χ0n) is 15.1. The van der Waals surface area contributed by atoms with Gasteiger partial charge in [-0.2, -0.15) is 0 Å². The van der Waals surface area contributed by atoms with Gasteiger partial charge in [0.1, 0.15) is 0 Å². The molecule has 1 saturated carbocycles. The van der Waals surface area contributed by atoms with Crippen molar-refractivity contribution in [3.05, 3.63) is 35.9 Å². The Hall–Kier alpha value is -1.35. The van der Waals surface area contributed by atoms with Crippen LogP contribution in [-0.2, 0) is 4.79 Å². The maximum atomic E-state index is 12.3. The van der Waals surface area contributed by atoms with Crippen molar-refractivity contribution in [3.8, 4) is 0 Å². The molecule has 3 nitrogen and oxygen atoms in total. The molecule has 1 amide bonds. The number of carbonyl (C=O) groups excluding carboxylic acids is 1. The van der Waals surface area contributed by atoms with Crippen LogP contribution in [0.3, 0.4) is 0 Å². The summed E-state index contributed by atoms with van der Waals surface area (Å²) in [6.45, 7) is 9.25. The molecule has 1 aromatic rings. The zero-order valence-corrected chi connectivity index (χ0v) is 15.1. The van der Waals surface area contributed by atoms with E-state index >= 15 is 0 Å². The highest BCUT2D eigenvalue weighted by molar-refractivity contribution is 5.78. The minimum Gasteiger partial charge on any atom is -0.352 e. The molecule has 2 rings (SSSR count). The number of hydrogen-bond acceptors (Lipinski definition) is 2. The molecule has 1 aliphatic rings. The van der Waals surface area contributed by atoms with Gasteiger partial charge in [0.15, 0.2) is 0 Å². The number of carbonyl (C=O) groups is 1. The highest BCUT2D eigenvalue weighted by atomic mass is 16.2. The summed E-state index contributed by atoms with van der Waals surface area (Å²) < 4.78 is 0. The third-order valence-electron chi connectivity index (χ3n) is 4.92. The van der Waals surface area contributed by atoms with Crippen molar-refractivity contribution < 1.29 is 4.79 Å². The molecule has 0 unspecified atom stereocenters. The molecule has 23 heavy (non-hydrogen) atoms. The van der Waals surface area contributed by atoms with E-state index in [2.05, 4.69) is 62.6 Å². The van der Waals surface area contributed by atoms with Crippen molar-refractivity contribution in [1.82, 2.24) is 10.6 Å². The Morgan fingerprint density at radius 3 is 2.43 bits per heavy atom. The summed E-state index contributed by atoms with van der Waals surface area (Å²) in [7, 11) is 0. The van der Waals surface area contributed by atoms with E-state index in [4.69, 9.17) is 0 Å².